The third-order valence-electron chi connectivity index (χ3n) is 3.63. The SMILES string of the molecule is Cl.NCCCCNC(=O)CCNS(=O)(=O)c1ccc2c(c1)OCCCO2. The Morgan fingerprint density at radius 3 is 2.58 bits per heavy atom. The lowest BCUT2D eigenvalue weighted by molar-refractivity contribution is -0.120. The van der Waals surface area contributed by atoms with Crippen molar-refractivity contribution < 1.29 is 22.7 Å². The van der Waals surface area contributed by atoms with Crippen LogP contribution >= 0.6 is 12.4 Å². The van der Waals surface area contributed by atoms with E-state index in [0.717, 1.165) is 19.3 Å². The van der Waals surface area contributed by atoms with E-state index in [1.165, 1.54) is 12.1 Å². The second-order valence-electron chi connectivity index (χ2n) is 5.65. The van der Waals surface area contributed by atoms with E-state index in [1.54, 1.807) is 6.07 Å². The van der Waals surface area contributed by atoms with Gasteiger partial charge in [0.05, 0.1) is 18.1 Å². The molecule has 0 aliphatic carbocycles. The van der Waals surface area contributed by atoms with Gasteiger partial charge in [0, 0.05) is 32.0 Å². The van der Waals surface area contributed by atoms with Gasteiger partial charge in [-0.2, -0.15) is 0 Å². The molecule has 148 valence electrons. The van der Waals surface area contributed by atoms with Crippen LogP contribution in [0.15, 0.2) is 23.1 Å². The van der Waals surface area contributed by atoms with Crippen molar-refractivity contribution in [1.29, 1.82) is 0 Å². The van der Waals surface area contributed by atoms with Crippen LogP contribution in [0, 0.1) is 0 Å². The summed E-state index contributed by atoms with van der Waals surface area (Å²) in [4.78, 5) is 11.7. The molecular weight excluding hydrogens is 382 g/mol. The van der Waals surface area contributed by atoms with Crippen LogP contribution in [0.4, 0.5) is 0 Å². The van der Waals surface area contributed by atoms with Gasteiger partial charge in [0.2, 0.25) is 15.9 Å². The number of hydrogen-bond donors (Lipinski definition) is 3. The number of carbonyl (C=O) groups excluding carboxylic acids is 1. The number of ether oxygens (including phenoxy) is 2. The zero-order chi connectivity index (χ0) is 18.1. The Labute approximate surface area is 160 Å². The first-order valence-electron chi connectivity index (χ1n) is 8.39. The summed E-state index contributed by atoms with van der Waals surface area (Å²) in [5.41, 5.74) is 5.37. The quantitative estimate of drug-likeness (QED) is 0.520. The average Bonchev–Trinajstić information content (AvgIpc) is 2.83. The monoisotopic (exact) mass is 407 g/mol. The third kappa shape index (κ3) is 6.99. The van der Waals surface area contributed by atoms with Crippen molar-refractivity contribution in [3.05, 3.63) is 18.2 Å². The average molecular weight is 408 g/mol. The van der Waals surface area contributed by atoms with Gasteiger partial charge in [-0.1, -0.05) is 0 Å². The minimum Gasteiger partial charge on any atom is -0.490 e. The van der Waals surface area contributed by atoms with Gasteiger partial charge in [-0.3, -0.25) is 4.79 Å². The van der Waals surface area contributed by atoms with E-state index < -0.39 is 10.0 Å². The topological polar surface area (TPSA) is 120 Å². The molecule has 0 unspecified atom stereocenters. The second-order valence-corrected chi connectivity index (χ2v) is 7.42. The highest BCUT2D eigenvalue weighted by molar-refractivity contribution is 7.89. The maximum atomic E-state index is 12.3. The normalized spacial score (nSPS) is 13.4. The molecule has 8 nitrogen and oxygen atoms in total. The van der Waals surface area contributed by atoms with Crippen molar-refractivity contribution in [3.8, 4) is 11.5 Å². The number of amides is 1. The Hall–Kier alpha value is -1.55. The molecule has 0 aromatic heterocycles. The lowest BCUT2D eigenvalue weighted by Gasteiger charge is -2.11. The standard InChI is InChI=1S/C16H25N3O5S.ClH/c17-7-1-2-8-18-16(20)6-9-19-25(21,22)13-4-5-14-15(12-13)24-11-3-10-23-14;/h4-5,12,19H,1-3,6-11,17H2,(H,18,20);1H. The maximum Gasteiger partial charge on any atom is 0.240 e. The van der Waals surface area contributed by atoms with Gasteiger partial charge in [-0.15, -0.1) is 12.4 Å². The lowest BCUT2D eigenvalue weighted by atomic mass is 10.3. The molecule has 1 heterocycles. The number of fused-ring (bicyclic) bond motifs is 1. The molecule has 0 fully saturated rings. The van der Waals surface area contributed by atoms with Crippen LogP contribution in [-0.4, -0.2) is 47.2 Å². The highest BCUT2D eigenvalue weighted by atomic mass is 35.5. The summed E-state index contributed by atoms with van der Waals surface area (Å²) in [5.74, 6) is 0.754. The van der Waals surface area contributed by atoms with Crippen LogP contribution in [0.1, 0.15) is 25.7 Å². The largest absolute Gasteiger partial charge is 0.490 e. The lowest BCUT2D eigenvalue weighted by Crippen LogP contribution is -2.31. The number of sulfonamides is 1. The summed E-state index contributed by atoms with van der Waals surface area (Å²) in [7, 11) is -3.71. The maximum absolute atomic E-state index is 12.3. The van der Waals surface area contributed by atoms with E-state index >= 15 is 0 Å². The van der Waals surface area contributed by atoms with Gasteiger partial charge in [-0.05, 0) is 31.5 Å². The predicted octanol–water partition coefficient (Wildman–Crippen LogP) is 0.793. The Balaban J connectivity index is 0.00000338. The zero-order valence-corrected chi connectivity index (χ0v) is 16.2. The molecule has 1 amide bonds. The first-order valence-corrected chi connectivity index (χ1v) is 9.87. The van der Waals surface area contributed by atoms with Crippen molar-refractivity contribution in [2.45, 2.75) is 30.6 Å². The number of carbonyl (C=O) groups is 1. The van der Waals surface area contributed by atoms with Crippen molar-refractivity contribution in [2.24, 2.45) is 5.73 Å². The molecule has 10 heteroatoms. The fourth-order valence-corrected chi connectivity index (χ4v) is 3.33. The Morgan fingerprint density at radius 1 is 1.12 bits per heavy atom. The number of unbranched alkanes of at least 4 members (excludes halogenated alkanes) is 1. The van der Waals surface area contributed by atoms with E-state index in [9.17, 15) is 13.2 Å². The van der Waals surface area contributed by atoms with Crippen LogP contribution in [0.25, 0.3) is 0 Å². The van der Waals surface area contributed by atoms with E-state index in [2.05, 4.69) is 10.0 Å². The van der Waals surface area contributed by atoms with Crippen molar-refractivity contribution in [3.63, 3.8) is 0 Å². The van der Waals surface area contributed by atoms with Crippen molar-refractivity contribution in [2.75, 3.05) is 32.8 Å². The second kappa shape index (κ2) is 11.2. The van der Waals surface area contributed by atoms with E-state index in [0.29, 0.717) is 37.8 Å². The number of rotatable bonds is 9. The molecule has 0 saturated heterocycles. The fourth-order valence-electron chi connectivity index (χ4n) is 2.28. The van der Waals surface area contributed by atoms with Crippen LogP contribution in [-0.2, 0) is 14.8 Å². The van der Waals surface area contributed by atoms with Gasteiger partial charge in [0.25, 0.3) is 0 Å². The summed E-state index contributed by atoms with van der Waals surface area (Å²) in [5, 5.41) is 2.73. The number of hydrogen-bond acceptors (Lipinski definition) is 6. The van der Waals surface area contributed by atoms with Crippen molar-refractivity contribution >= 4 is 28.3 Å². The van der Waals surface area contributed by atoms with Gasteiger partial charge in [0.1, 0.15) is 0 Å². The van der Waals surface area contributed by atoms with Gasteiger partial charge < -0.3 is 20.5 Å². The fraction of sp³-hybridized carbons (Fsp3) is 0.562. The molecule has 0 bridgehead atoms. The highest BCUT2D eigenvalue weighted by Gasteiger charge is 2.18. The number of halogens is 1. The summed E-state index contributed by atoms with van der Waals surface area (Å²) >= 11 is 0. The molecule has 0 radical (unpaired) electrons. The Kier molecular flexibility index (Phi) is 9.71. The molecule has 2 rings (SSSR count). The highest BCUT2D eigenvalue weighted by Crippen LogP contribution is 2.31. The van der Waals surface area contributed by atoms with Crippen LogP contribution < -0.4 is 25.2 Å². The molecule has 4 N–H and O–H groups in total. The summed E-state index contributed by atoms with van der Waals surface area (Å²) < 4.78 is 38.1. The molecule has 0 atom stereocenters. The van der Waals surface area contributed by atoms with E-state index in [4.69, 9.17) is 15.2 Å². The van der Waals surface area contributed by atoms with E-state index in [-0.39, 0.29) is 36.2 Å². The number of benzene rings is 1. The molecule has 1 aliphatic rings. The molecule has 1 aromatic rings. The molecular formula is C16H26ClN3O5S. The van der Waals surface area contributed by atoms with Gasteiger partial charge in [0.15, 0.2) is 11.5 Å². The third-order valence-corrected chi connectivity index (χ3v) is 5.09. The predicted molar refractivity (Wildman–Crippen MR) is 100 cm³/mol. The minimum atomic E-state index is -3.71. The van der Waals surface area contributed by atoms with Crippen LogP contribution in [0.5, 0.6) is 11.5 Å². The minimum absolute atomic E-state index is 0. The van der Waals surface area contributed by atoms with Crippen molar-refractivity contribution in [1.82, 2.24) is 10.0 Å². The Morgan fingerprint density at radius 2 is 1.85 bits per heavy atom. The zero-order valence-electron chi connectivity index (χ0n) is 14.5. The smallest absolute Gasteiger partial charge is 0.240 e. The molecule has 0 saturated carbocycles. The summed E-state index contributed by atoms with van der Waals surface area (Å²) in [6.07, 6.45) is 2.48. The molecule has 1 aliphatic heterocycles. The first kappa shape index (κ1) is 22.5. The van der Waals surface area contributed by atoms with Gasteiger partial charge in [-0.25, -0.2) is 13.1 Å². The van der Waals surface area contributed by atoms with Gasteiger partial charge >= 0.3 is 0 Å². The number of nitrogens with two attached hydrogens (primary N) is 1. The molecule has 1 aromatic carbocycles. The van der Waals surface area contributed by atoms with Crippen LogP contribution in [0.3, 0.4) is 0 Å². The molecule has 0 spiro atoms. The Bertz CT molecular complexity index is 684. The molecule has 26 heavy (non-hydrogen) atoms. The summed E-state index contributed by atoms with van der Waals surface area (Å²) in [6.45, 7) is 2.18. The first-order chi connectivity index (χ1) is 12.0. The van der Waals surface area contributed by atoms with E-state index in [1.807, 2.05) is 0 Å². The van der Waals surface area contributed by atoms with Crippen LogP contribution in [0.2, 0.25) is 0 Å². The number of nitrogens with one attached hydrogen (secondary N) is 2. The summed E-state index contributed by atoms with van der Waals surface area (Å²) in [6, 6.07) is 4.48.